The van der Waals surface area contributed by atoms with E-state index >= 15 is 0 Å². The minimum absolute atomic E-state index is 0.0442. The predicted molar refractivity (Wildman–Crippen MR) is 92.2 cm³/mol. The van der Waals surface area contributed by atoms with Crippen molar-refractivity contribution in [2.75, 3.05) is 27.4 Å². The SMILES string of the molecule is COc1cc2c(cc1OC)[C@@H]1C(=O)c3ccc4c(c3O[C@@H]1CO2)CCO4. The van der Waals surface area contributed by atoms with Crippen molar-refractivity contribution in [3.05, 3.63) is 41.0 Å². The summed E-state index contributed by atoms with van der Waals surface area (Å²) in [7, 11) is 3.15. The maximum atomic E-state index is 13.3. The third-order valence-electron chi connectivity index (χ3n) is 5.27. The molecule has 6 nitrogen and oxygen atoms in total. The van der Waals surface area contributed by atoms with Gasteiger partial charge in [-0.25, -0.2) is 0 Å². The predicted octanol–water partition coefficient (Wildman–Crippen LogP) is 2.76. The first-order valence-electron chi connectivity index (χ1n) is 8.59. The topological polar surface area (TPSA) is 63.2 Å². The maximum absolute atomic E-state index is 13.3. The van der Waals surface area contributed by atoms with E-state index in [0.717, 1.165) is 23.3 Å². The van der Waals surface area contributed by atoms with Crippen LogP contribution in [-0.4, -0.2) is 39.3 Å². The van der Waals surface area contributed by atoms with Gasteiger partial charge in [0.1, 0.15) is 30.0 Å². The summed E-state index contributed by atoms with van der Waals surface area (Å²) in [5, 5.41) is 0. The van der Waals surface area contributed by atoms with Gasteiger partial charge in [-0.15, -0.1) is 0 Å². The fraction of sp³-hybridized carbons (Fsp3) is 0.350. The van der Waals surface area contributed by atoms with E-state index in [-0.39, 0.29) is 11.9 Å². The highest BCUT2D eigenvalue weighted by Crippen LogP contribution is 2.49. The number of carbonyl (C=O) groups is 1. The molecule has 0 amide bonds. The Morgan fingerprint density at radius 1 is 1.04 bits per heavy atom. The molecule has 3 aliphatic rings. The molecule has 0 aromatic heterocycles. The van der Waals surface area contributed by atoms with Crippen molar-refractivity contribution in [3.63, 3.8) is 0 Å². The number of methoxy groups -OCH3 is 2. The van der Waals surface area contributed by atoms with E-state index in [1.54, 1.807) is 26.4 Å². The Hall–Kier alpha value is -2.89. The molecule has 0 spiro atoms. The number of Topliss-reactive ketones (excluding diaryl/α,β-unsaturated/α-hetero) is 1. The molecule has 3 aliphatic heterocycles. The number of ether oxygens (including phenoxy) is 5. The molecule has 0 unspecified atom stereocenters. The molecule has 2 aromatic rings. The zero-order valence-electron chi connectivity index (χ0n) is 14.5. The molecule has 0 saturated heterocycles. The van der Waals surface area contributed by atoms with Crippen LogP contribution in [0.2, 0.25) is 0 Å². The van der Waals surface area contributed by atoms with Crippen LogP contribution < -0.4 is 23.7 Å². The second-order valence-electron chi connectivity index (χ2n) is 6.57. The van der Waals surface area contributed by atoms with E-state index in [9.17, 15) is 4.79 Å². The summed E-state index contributed by atoms with van der Waals surface area (Å²) >= 11 is 0. The lowest BCUT2D eigenvalue weighted by molar-refractivity contribution is 0.0554. The first-order chi connectivity index (χ1) is 12.7. The van der Waals surface area contributed by atoms with Gasteiger partial charge in [-0.2, -0.15) is 0 Å². The van der Waals surface area contributed by atoms with Crippen molar-refractivity contribution in [2.45, 2.75) is 18.4 Å². The number of ketones is 1. The van der Waals surface area contributed by atoms with Crippen molar-refractivity contribution in [1.82, 2.24) is 0 Å². The fourth-order valence-corrected chi connectivity index (χ4v) is 4.02. The van der Waals surface area contributed by atoms with Gasteiger partial charge in [-0.3, -0.25) is 4.79 Å². The van der Waals surface area contributed by atoms with Crippen LogP contribution in [-0.2, 0) is 6.42 Å². The average molecular weight is 354 g/mol. The van der Waals surface area contributed by atoms with Crippen LogP contribution in [0.4, 0.5) is 0 Å². The third kappa shape index (κ3) is 2.01. The van der Waals surface area contributed by atoms with Crippen molar-refractivity contribution in [2.24, 2.45) is 0 Å². The Morgan fingerprint density at radius 3 is 2.65 bits per heavy atom. The van der Waals surface area contributed by atoms with Gasteiger partial charge in [0.15, 0.2) is 17.3 Å². The highest BCUT2D eigenvalue weighted by molar-refractivity contribution is 6.06. The second kappa shape index (κ2) is 5.56. The van der Waals surface area contributed by atoms with Gasteiger partial charge < -0.3 is 23.7 Å². The Labute approximate surface area is 150 Å². The van der Waals surface area contributed by atoms with Crippen LogP contribution >= 0.6 is 0 Å². The summed E-state index contributed by atoms with van der Waals surface area (Å²) in [5.41, 5.74) is 2.36. The van der Waals surface area contributed by atoms with Gasteiger partial charge >= 0.3 is 0 Å². The number of hydrogen-bond acceptors (Lipinski definition) is 6. The minimum Gasteiger partial charge on any atom is -0.493 e. The molecule has 0 radical (unpaired) electrons. The normalized spacial score (nSPS) is 22.0. The molecule has 0 fully saturated rings. The Morgan fingerprint density at radius 2 is 1.85 bits per heavy atom. The van der Waals surface area contributed by atoms with Crippen LogP contribution in [0, 0.1) is 0 Å². The lowest BCUT2D eigenvalue weighted by Crippen LogP contribution is -2.43. The maximum Gasteiger partial charge on any atom is 0.178 e. The monoisotopic (exact) mass is 354 g/mol. The summed E-state index contributed by atoms with van der Waals surface area (Å²) in [4.78, 5) is 13.3. The lowest BCUT2D eigenvalue weighted by Gasteiger charge is -2.37. The van der Waals surface area contributed by atoms with Gasteiger partial charge in [-0.1, -0.05) is 0 Å². The molecule has 134 valence electrons. The van der Waals surface area contributed by atoms with E-state index in [2.05, 4.69) is 0 Å². The van der Waals surface area contributed by atoms with Crippen LogP contribution in [0.5, 0.6) is 28.7 Å². The summed E-state index contributed by atoms with van der Waals surface area (Å²) < 4.78 is 28.4. The van der Waals surface area contributed by atoms with E-state index in [1.165, 1.54) is 0 Å². The lowest BCUT2D eigenvalue weighted by atomic mass is 9.81. The molecular weight excluding hydrogens is 336 g/mol. The molecule has 5 rings (SSSR count). The zero-order valence-corrected chi connectivity index (χ0v) is 14.5. The smallest absolute Gasteiger partial charge is 0.178 e. The molecule has 0 aliphatic carbocycles. The van der Waals surface area contributed by atoms with E-state index in [0.29, 0.717) is 41.8 Å². The van der Waals surface area contributed by atoms with Gasteiger partial charge in [0.25, 0.3) is 0 Å². The number of hydrogen-bond donors (Lipinski definition) is 0. The van der Waals surface area contributed by atoms with Crippen LogP contribution in [0.1, 0.15) is 27.4 Å². The van der Waals surface area contributed by atoms with Crippen LogP contribution in [0.15, 0.2) is 24.3 Å². The highest BCUT2D eigenvalue weighted by atomic mass is 16.5. The molecule has 0 N–H and O–H groups in total. The number of fused-ring (bicyclic) bond motifs is 6. The Bertz CT molecular complexity index is 919. The number of rotatable bonds is 2. The average Bonchev–Trinajstić information content (AvgIpc) is 3.15. The van der Waals surface area contributed by atoms with Gasteiger partial charge in [-0.05, 0) is 18.2 Å². The second-order valence-corrected chi connectivity index (χ2v) is 6.57. The van der Waals surface area contributed by atoms with Crippen molar-refractivity contribution in [3.8, 4) is 28.7 Å². The summed E-state index contributed by atoms with van der Waals surface area (Å²) in [5.74, 6) is 2.85. The van der Waals surface area contributed by atoms with Crippen molar-refractivity contribution in [1.29, 1.82) is 0 Å². The first-order valence-corrected chi connectivity index (χ1v) is 8.59. The molecule has 26 heavy (non-hydrogen) atoms. The van der Waals surface area contributed by atoms with E-state index < -0.39 is 5.92 Å². The van der Waals surface area contributed by atoms with Crippen molar-refractivity contribution < 1.29 is 28.5 Å². The summed E-state index contributed by atoms with van der Waals surface area (Å²) in [6, 6.07) is 7.24. The molecule has 3 heterocycles. The zero-order chi connectivity index (χ0) is 17.8. The number of benzene rings is 2. The molecule has 2 atom stereocenters. The number of carbonyl (C=O) groups excluding carboxylic acids is 1. The van der Waals surface area contributed by atoms with Crippen molar-refractivity contribution >= 4 is 5.78 Å². The minimum atomic E-state index is -0.425. The van der Waals surface area contributed by atoms with Gasteiger partial charge in [0, 0.05) is 23.6 Å². The molecule has 2 aromatic carbocycles. The fourth-order valence-electron chi connectivity index (χ4n) is 4.02. The largest absolute Gasteiger partial charge is 0.493 e. The van der Waals surface area contributed by atoms with Crippen LogP contribution in [0.3, 0.4) is 0 Å². The Kier molecular flexibility index (Phi) is 3.29. The molecule has 0 saturated carbocycles. The molecular formula is C20H18O6. The van der Waals surface area contributed by atoms with E-state index in [4.69, 9.17) is 23.7 Å². The Balaban J connectivity index is 1.63. The summed E-state index contributed by atoms with van der Waals surface area (Å²) in [6.45, 7) is 0.927. The van der Waals surface area contributed by atoms with Crippen LogP contribution in [0.25, 0.3) is 0 Å². The van der Waals surface area contributed by atoms with E-state index in [1.807, 2.05) is 12.1 Å². The molecule has 6 heteroatoms. The van der Waals surface area contributed by atoms with Gasteiger partial charge in [0.05, 0.1) is 32.3 Å². The standard InChI is InChI=1S/C20H18O6/c1-22-15-7-12-14(8-16(15)23-2)25-9-17-18(12)19(21)11-3-4-13-10(5-6-24-13)20(11)26-17/h3-4,7-8,17-18H,5-6,9H2,1-2H3/t17-,18+/m1/s1. The van der Waals surface area contributed by atoms with Gasteiger partial charge in [0.2, 0.25) is 0 Å². The summed E-state index contributed by atoms with van der Waals surface area (Å²) in [6.07, 6.45) is 0.388. The third-order valence-corrected chi connectivity index (χ3v) is 5.27. The molecule has 0 bridgehead atoms. The first kappa shape index (κ1) is 15.4. The quantitative estimate of drug-likeness (QED) is 0.826. The highest BCUT2D eigenvalue weighted by Gasteiger charge is 2.45.